The summed E-state index contributed by atoms with van der Waals surface area (Å²) in [5.41, 5.74) is 0.228. The molecule has 2 amide bonds. The van der Waals surface area contributed by atoms with Crippen molar-refractivity contribution < 1.29 is 18.7 Å². The SMILES string of the molecule is CC(C)(C)OC(=O)N[C@@H](Cc1nc2ccccc2s1)C(=O)N1CCC(CCF)CC1. The molecule has 164 valence electrons. The molecule has 1 aromatic heterocycles. The van der Waals surface area contributed by atoms with Gasteiger partial charge in [0.05, 0.1) is 21.9 Å². The molecule has 1 fully saturated rings. The third kappa shape index (κ3) is 6.14. The highest BCUT2D eigenvalue weighted by Gasteiger charge is 2.31. The van der Waals surface area contributed by atoms with Crippen molar-refractivity contribution in [2.45, 2.75) is 58.1 Å². The standard InChI is InChI=1S/C22H30FN3O3S/c1-22(2,3)29-21(28)25-17(14-19-24-16-6-4-5-7-18(16)30-19)20(27)26-12-9-15(8-11-23)10-13-26/h4-7,15,17H,8-14H2,1-3H3,(H,25,28)/t17-/m0/s1. The van der Waals surface area contributed by atoms with Gasteiger partial charge in [0.1, 0.15) is 11.6 Å². The van der Waals surface area contributed by atoms with Crippen molar-refractivity contribution in [2.24, 2.45) is 5.92 Å². The van der Waals surface area contributed by atoms with Gasteiger partial charge in [0.15, 0.2) is 0 Å². The Balaban J connectivity index is 1.73. The topological polar surface area (TPSA) is 71.5 Å². The third-order valence-corrected chi connectivity index (χ3v) is 6.21. The second kappa shape index (κ2) is 9.73. The van der Waals surface area contributed by atoms with Crippen LogP contribution < -0.4 is 5.32 Å². The van der Waals surface area contributed by atoms with Crippen LogP contribution in [-0.4, -0.2) is 53.3 Å². The van der Waals surface area contributed by atoms with E-state index >= 15 is 0 Å². The zero-order valence-corrected chi connectivity index (χ0v) is 18.6. The Morgan fingerprint density at radius 1 is 1.30 bits per heavy atom. The lowest BCUT2D eigenvalue weighted by atomic mass is 9.93. The van der Waals surface area contributed by atoms with Gasteiger partial charge in [-0.1, -0.05) is 12.1 Å². The van der Waals surface area contributed by atoms with E-state index in [4.69, 9.17) is 4.74 Å². The largest absolute Gasteiger partial charge is 0.444 e. The number of amides is 2. The van der Waals surface area contributed by atoms with Crippen molar-refractivity contribution in [1.29, 1.82) is 0 Å². The van der Waals surface area contributed by atoms with Gasteiger partial charge in [-0.2, -0.15) is 0 Å². The number of carbonyl (C=O) groups is 2. The molecule has 0 saturated carbocycles. The van der Waals surface area contributed by atoms with Gasteiger partial charge in [-0.3, -0.25) is 9.18 Å². The second-order valence-corrected chi connectivity index (χ2v) is 9.84. The molecule has 0 aliphatic carbocycles. The van der Waals surface area contributed by atoms with Crippen molar-refractivity contribution in [3.05, 3.63) is 29.3 Å². The summed E-state index contributed by atoms with van der Waals surface area (Å²) in [4.78, 5) is 32.0. The number of ether oxygens (including phenoxy) is 1. The van der Waals surface area contributed by atoms with Gasteiger partial charge < -0.3 is 15.0 Å². The molecule has 1 aliphatic rings. The van der Waals surface area contributed by atoms with Crippen LogP contribution in [-0.2, 0) is 16.0 Å². The summed E-state index contributed by atoms with van der Waals surface area (Å²) in [6.07, 6.45) is 1.82. The Labute approximate surface area is 180 Å². The van der Waals surface area contributed by atoms with Gasteiger partial charge in [-0.05, 0) is 58.1 Å². The zero-order valence-electron chi connectivity index (χ0n) is 17.8. The molecule has 30 heavy (non-hydrogen) atoms. The number of thiazole rings is 1. The highest BCUT2D eigenvalue weighted by molar-refractivity contribution is 7.18. The highest BCUT2D eigenvalue weighted by Crippen LogP contribution is 2.25. The number of alkyl carbamates (subject to hydrolysis) is 1. The summed E-state index contributed by atoms with van der Waals surface area (Å²) in [7, 11) is 0. The first-order valence-electron chi connectivity index (χ1n) is 10.4. The fraction of sp³-hybridized carbons (Fsp3) is 0.591. The normalized spacial score (nSPS) is 16.5. The molecule has 2 heterocycles. The summed E-state index contributed by atoms with van der Waals surface area (Å²) in [5, 5.41) is 3.54. The van der Waals surface area contributed by atoms with E-state index in [2.05, 4.69) is 10.3 Å². The molecule has 0 bridgehead atoms. The van der Waals surface area contributed by atoms with Crippen LogP contribution in [0.15, 0.2) is 24.3 Å². The third-order valence-electron chi connectivity index (χ3n) is 5.15. The van der Waals surface area contributed by atoms with E-state index in [1.54, 1.807) is 25.7 Å². The van der Waals surface area contributed by atoms with Crippen LogP contribution in [0.5, 0.6) is 0 Å². The number of nitrogens with one attached hydrogen (secondary N) is 1. The molecule has 8 heteroatoms. The molecule has 2 aromatic rings. The number of para-hydroxylation sites is 1. The Morgan fingerprint density at radius 2 is 2.00 bits per heavy atom. The first-order valence-corrected chi connectivity index (χ1v) is 11.3. The summed E-state index contributed by atoms with van der Waals surface area (Å²) >= 11 is 1.52. The first-order chi connectivity index (χ1) is 14.2. The maximum atomic E-state index is 13.2. The number of piperidine rings is 1. The second-order valence-electron chi connectivity index (χ2n) is 8.72. The van der Waals surface area contributed by atoms with E-state index in [1.165, 1.54) is 11.3 Å². The van der Waals surface area contributed by atoms with Crippen molar-refractivity contribution in [3.8, 4) is 0 Å². The quantitative estimate of drug-likeness (QED) is 0.733. The first kappa shape index (κ1) is 22.5. The smallest absolute Gasteiger partial charge is 0.408 e. The maximum absolute atomic E-state index is 13.2. The molecule has 1 saturated heterocycles. The molecule has 3 rings (SSSR count). The maximum Gasteiger partial charge on any atom is 0.408 e. The Kier molecular flexibility index (Phi) is 7.28. The predicted octanol–water partition coefficient (Wildman–Crippen LogP) is 4.33. The molecule has 0 spiro atoms. The molecule has 0 unspecified atom stereocenters. The van der Waals surface area contributed by atoms with Gasteiger partial charge >= 0.3 is 6.09 Å². The molecule has 1 aliphatic heterocycles. The number of benzene rings is 1. The van der Waals surface area contributed by atoms with E-state index in [0.717, 1.165) is 28.1 Å². The average molecular weight is 436 g/mol. The fourth-order valence-electron chi connectivity index (χ4n) is 3.65. The Morgan fingerprint density at radius 3 is 2.63 bits per heavy atom. The number of aromatic nitrogens is 1. The minimum Gasteiger partial charge on any atom is -0.444 e. The van der Waals surface area contributed by atoms with E-state index in [-0.39, 0.29) is 12.6 Å². The molecule has 6 nitrogen and oxygen atoms in total. The van der Waals surface area contributed by atoms with Crippen molar-refractivity contribution in [3.63, 3.8) is 0 Å². The number of nitrogens with zero attached hydrogens (tertiary/aromatic N) is 2. The number of alkyl halides is 1. The van der Waals surface area contributed by atoms with Crippen molar-refractivity contribution in [2.75, 3.05) is 19.8 Å². The van der Waals surface area contributed by atoms with Crippen LogP contribution in [0.3, 0.4) is 0 Å². The summed E-state index contributed by atoms with van der Waals surface area (Å²) < 4.78 is 19.0. The Bertz CT molecular complexity index is 839. The van der Waals surface area contributed by atoms with Crippen molar-refractivity contribution >= 4 is 33.6 Å². The van der Waals surface area contributed by atoms with Crippen LogP contribution in [0.4, 0.5) is 9.18 Å². The molecular weight excluding hydrogens is 405 g/mol. The van der Waals surface area contributed by atoms with Gasteiger partial charge in [0.25, 0.3) is 0 Å². The van der Waals surface area contributed by atoms with Crippen LogP contribution in [0.25, 0.3) is 10.2 Å². The highest BCUT2D eigenvalue weighted by atomic mass is 32.1. The number of carbonyl (C=O) groups excluding carboxylic acids is 2. The van der Waals surface area contributed by atoms with E-state index in [0.29, 0.717) is 31.8 Å². The average Bonchev–Trinajstić information content (AvgIpc) is 3.09. The molecule has 1 N–H and O–H groups in total. The number of fused-ring (bicyclic) bond motifs is 1. The molecule has 1 atom stereocenters. The Hall–Kier alpha value is -2.22. The predicted molar refractivity (Wildman–Crippen MR) is 116 cm³/mol. The van der Waals surface area contributed by atoms with E-state index in [1.807, 2.05) is 24.3 Å². The fourth-order valence-corrected chi connectivity index (χ4v) is 4.66. The van der Waals surface area contributed by atoms with Gasteiger partial charge in [-0.25, -0.2) is 9.78 Å². The lowest BCUT2D eigenvalue weighted by molar-refractivity contribution is -0.134. The van der Waals surface area contributed by atoms with Crippen LogP contribution in [0.2, 0.25) is 0 Å². The van der Waals surface area contributed by atoms with Crippen LogP contribution >= 0.6 is 11.3 Å². The van der Waals surface area contributed by atoms with Crippen LogP contribution in [0.1, 0.15) is 45.0 Å². The molecule has 1 aromatic carbocycles. The number of hydrogen-bond acceptors (Lipinski definition) is 5. The summed E-state index contributed by atoms with van der Waals surface area (Å²) in [5.74, 6) is 0.180. The van der Waals surface area contributed by atoms with E-state index < -0.39 is 17.7 Å². The van der Waals surface area contributed by atoms with Gasteiger partial charge in [-0.15, -0.1) is 11.3 Å². The summed E-state index contributed by atoms with van der Waals surface area (Å²) in [6, 6.07) is 7.05. The van der Waals surface area contributed by atoms with Crippen LogP contribution in [0, 0.1) is 5.92 Å². The van der Waals surface area contributed by atoms with Crippen molar-refractivity contribution in [1.82, 2.24) is 15.2 Å². The lowest BCUT2D eigenvalue weighted by Crippen LogP contribution is -2.52. The lowest BCUT2D eigenvalue weighted by Gasteiger charge is -2.34. The van der Waals surface area contributed by atoms with E-state index in [9.17, 15) is 14.0 Å². The number of halogens is 1. The van der Waals surface area contributed by atoms with Gasteiger partial charge in [0.2, 0.25) is 5.91 Å². The molecular formula is C22H30FN3O3S. The summed E-state index contributed by atoms with van der Waals surface area (Å²) in [6.45, 7) is 6.19. The molecule has 0 radical (unpaired) electrons. The minimum atomic E-state index is -0.752. The number of hydrogen-bond donors (Lipinski definition) is 1. The number of rotatable bonds is 6. The monoisotopic (exact) mass is 435 g/mol. The minimum absolute atomic E-state index is 0.140. The number of likely N-dealkylation sites (tertiary alicyclic amines) is 1. The zero-order chi connectivity index (χ0) is 21.7. The van der Waals surface area contributed by atoms with Gasteiger partial charge in [0, 0.05) is 19.5 Å².